The number of hydrogen-bond donors (Lipinski definition) is 0. The van der Waals surface area contributed by atoms with Gasteiger partial charge in [0.05, 0.1) is 12.5 Å². The van der Waals surface area contributed by atoms with Gasteiger partial charge >= 0.3 is 0 Å². The first kappa shape index (κ1) is 11.8. The monoisotopic (exact) mass is 192 g/mol. The van der Waals surface area contributed by atoms with Gasteiger partial charge in [0.1, 0.15) is 5.41 Å². The molecule has 0 fully saturated rings. The molecule has 0 heterocycles. The zero-order valence-corrected chi connectivity index (χ0v) is 7.17. The molecule has 74 valence electrons. The van der Waals surface area contributed by atoms with Gasteiger partial charge in [0.2, 0.25) is 6.54 Å². The maximum atomic E-state index is 12.4. The van der Waals surface area contributed by atoms with E-state index in [9.17, 15) is 18.9 Å². The maximum Gasteiger partial charge on any atom is 0.251 e. The Labute approximate surface area is 74.3 Å². The van der Waals surface area contributed by atoms with E-state index in [-0.39, 0.29) is 6.42 Å². The van der Waals surface area contributed by atoms with Crippen LogP contribution in [0.15, 0.2) is 0 Å². The minimum absolute atomic E-state index is 0.0702. The van der Waals surface area contributed by atoms with Gasteiger partial charge in [-0.25, -0.2) is 8.78 Å². The molecule has 0 radical (unpaired) electrons. The fourth-order valence-corrected chi connectivity index (χ4v) is 1.01. The van der Waals surface area contributed by atoms with Crippen LogP contribution < -0.4 is 0 Å². The van der Waals surface area contributed by atoms with E-state index in [1.54, 1.807) is 6.07 Å². The van der Waals surface area contributed by atoms with Gasteiger partial charge in [0.15, 0.2) is 0 Å². The van der Waals surface area contributed by atoms with Crippen LogP contribution in [0.25, 0.3) is 0 Å². The second-order valence-corrected chi connectivity index (χ2v) is 2.84. The topological polar surface area (TPSA) is 66.9 Å². The molecule has 0 aliphatic heterocycles. The van der Waals surface area contributed by atoms with E-state index in [4.69, 9.17) is 5.26 Å². The van der Waals surface area contributed by atoms with Crippen LogP contribution in [-0.4, -0.2) is 17.9 Å². The Morgan fingerprint density at radius 1 is 1.69 bits per heavy atom. The van der Waals surface area contributed by atoms with Crippen molar-refractivity contribution >= 4 is 0 Å². The van der Waals surface area contributed by atoms with E-state index in [1.807, 2.05) is 0 Å². The van der Waals surface area contributed by atoms with Crippen molar-refractivity contribution in [2.75, 3.05) is 6.54 Å². The minimum atomic E-state index is -2.83. The number of nitrogens with zero attached hydrogens (tertiary/aromatic N) is 2. The normalized spacial score (nSPS) is 15.0. The minimum Gasteiger partial charge on any atom is -0.265 e. The summed E-state index contributed by atoms with van der Waals surface area (Å²) in [6, 6.07) is 1.56. The first-order valence-corrected chi connectivity index (χ1v) is 3.75. The Morgan fingerprint density at radius 2 is 2.23 bits per heavy atom. The Morgan fingerprint density at radius 3 is 2.46 bits per heavy atom. The van der Waals surface area contributed by atoms with Crippen LogP contribution in [0.1, 0.15) is 19.8 Å². The lowest BCUT2D eigenvalue weighted by Gasteiger charge is -2.24. The first-order chi connectivity index (χ1) is 5.98. The fraction of sp³-hybridized carbons (Fsp3) is 0.857. The molecule has 0 aromatic rings. The van der Waals surface area contributed by atoms with E-state index in [2.05, 4.69) is 0 Å². The first-order valence-electron chi connectivity index (χ1n) is 3.75. The second kappa shape index (κ2) is 4.70. The lowest BCUT2D eigenvalue weighted by Crippen LogP contribution is -2.36. The molecular formula is C7H10F2N2O2. The van der Waals surface area contributed by atoms with E-state index in [0.29, 0.717) is 0 Å². The molecule has 0 aliphatic rings. The van der Waals surface area contributed by atoms with E-state index in [0.717, 1.165) is 0 Å². The van der Waals surface area contributed by atoms with E-state index in [1.165, 1.54) is 6.92 Å². The van der Waals surface area contributed by atoms with Gasteiger partial charge in [0.25, 0.3) is 6.43 Å². The van der Waals surface area contributed by atoms with Gasteiger partial charge in [0, 0.05) is 4.92 Å². The van der Waals surface area contributed by atoms with Crippen molar-refractivity contribution in [1.29, 1.82) is 5.26 Å². The molecule has 6 heteroatoms. The summed E-state index contributed by atoms with van der Waals surface area (Å²) in [5.74, 6) is 0. The van der Waals surface area contributed by atoms with E-state index >= 15 is 0 Å². The van der Waals surface area contributed by atoms with Crippen molar-refractivity contribution in [1.82, 2.24) is 0 Å². The quantitative estimate of drug-likeness (QED) is 0.493. The molecule has 0 aromatic heterocycles. The Bertz CT molecular complexity index is 227. The standard InChI is InChI=1S/C7H10F2N2O2/c1-2-7(3-4-10,6(8)9)5-11(12)13/h6H,2-3,5H2,1H3. The molecule has 4 nitrogen and oxygen atoms in total. The largest absolute Gasteiger partial charge is 0.265 e. The van der Waals surface area contributed by atoms with Gasteiger partial charge in [-0.15, -0.1) is 0 Å². The summed E-state index contributed by atoms with van der Waals surface area (Å²) in [6.45, 7) is 0.571. The molecule has 0 spiro atoms. The molecule has 0 aliphatic carbocycles. The molecule has 0 N–H and O–H groups in total. The van der Waals surface area contributed by atoms with Crippen LogP contribution in [0.3, 0.4) is 0 Å². The lowest BCUT2D eigenvalue weighted by atomic mass is 9.83. The summed E-state index contributed by atoms with van der Waals surface area (Å²) in [5, 5.41) is 18.4. The zero-order chi connectivity index (χ0) is 10.5. The van der Waals surface area contributed by atoms with Crippen LogP contribution >= 0.6 is 0 Å². The molecular weight excluding hydrogens is 182 g/mol. The molecule has 1 unspecified atom stereocenters. The molecule has 0 amide bonds. The number of nitro groups is 1. The van der Waals surface area contributed by atoms with Crippen LogP contribution in [0, 0.1) is 26.9 Å². The molecule has 0 aromatic carbocycles. The van der Waals surface area contributed by atoms with Gasteiger partial charge in [-0.3, -0.25) is 10.1 Å². The third-order valence-corrected chi connectivity index (χ3v) is 2.04. The average molecular weight is 192 g/mol. The van der Waals surface area contributed by atoms with Gasteiger partial charge in [-0.05, 0) is 6.42 Å². The summed E-state index contributed by atoms with van der Waals surface area (Å²) in [6.07, 6.45) is -3.39. The number of hydrogen-bond acceptors (Lipinski definition) is 3. The highest BCUT2D eigenvalue weighted by atomic mass is 19.3. The van der Waals surface area contributed by atoms with Crippen molar-refractivity contribution < 1.29 is 13.7 Å². The lowest BCUT2D eigenvalue weighted by molar-refractivity contribution is -0.502. The van der Waals surface area contributed by atoms with Gasteiger partial charge in [-0.1, -0.05) is 6.92 Å². The molecule has 13 heavy (non-hydrogen) atoms. The Kier molecular flexibility index (Phi) is 4.25. The molecule has 0 bridgehead atoms. The average Bonchev–Trinajstić information content (AvgIpc) is 2.02. The number of nitriles is 1. The van der Waals surface area contributed by atoms with Gasteiger partial charge in [-0.2, -0.15) is 5.26 Å². The molecule has 0 rings (SSSR count). The summed E-state index contributed by atoms with van der Waals surface area (Å²) in [5.41, 5.74) is -1.78. The van der Waals surface area contributed by atoms with Crippen molar-refractivity contribution in [3.05, 3.63) is 10.1 Å². The maximum absolute atomic E-state index is 12.4. The van der Waals surface area contributed by atoms with E-state index < -0.39 is 29.7 Å². The summed E-state index contributed by atoms with van der Waals surface area (Å²) in [4.78, 5) is 9.32. The highest BCUT2D eigenvalue weighted by Crippen LogP contribution is 2.33. The smallest absolute Gasteiger partial charge is 0.251 e. The summed E-state index contributed by atoms with van der Waals surface area (Å²) >= 11 is 0. The van der Waals surface area contributed by atoms with Gasteiger partial charge < -0.3 is 0 Å². The number of alkyl halides is 2. The predicted molar refractivity (Wildman–Crippen MR) is 40.8 cm³/mol. The SMILES string of the molecule is CCC(CC#N)(C[N+](=O)[O-])C(F)F. The Balaban J connectivity index is 4.66. The molecule has 1 atom stereocenters. The van der Waals surface area contributed by atoms with Crippen molar-refractivity contribution in [2.45, 2.75) is 26.2 Å². The summed E-state index contributed by atoms with van der Waals surface area (Å²) < 4.78 is 24.9. The second-order valence-electron chi connectivity index (χ2n) is 2.84. The third kappa shape index (κ3) is 2.93. The zero-order valence-electron chi connectivity index (χ0n) is 7.17. The fourth-order valence-electron chi connectivity index (χ4n) is 1.01. The van der Waals surface area contributed by atoms with Crippen LogP contribution in [0.4, 0.5) is 8.78 Å². The van der Waals surface area contributed by atoms with Crippen LogP contribution in [-0.2, 0) is 0 Å². The van der Waals surface area contributed by atoms with Crippen molar-refractivity contribution in [3.63, 3.8) is 0 Å². The summed E-state index contributed by atoms with van der Waals surface area (Å²) in [7, 11) is 0. The Hall–Kier alpha value is -1.25. The number of halogens is 2. The van der Waals surface area contributed by atoms with Crippen LogP contribution in [0.2, 0.25) is 0 Å². The number of rotatable bonds is 5. The predicted octanol–water partition coefficient (Wildman–Crippen LogP) is 1.84. The van der Waals surface area contributed by atoms with Crippen molar-refractivity contribution in [2.24, 2.45) is 5.41 Å². The molecule has 0 saturated heterocycles. The highest BCUT2D eigenvalue weighted by Gasteiger charge is 2.43. The van der Waals surface area contributed by atoms with Crippen LogP contribution in [0.5, 0.6) is 0 Å². The highest BCUT2D eigenvalue weighted by molar-refractivity contribution is 4.89. The molecule has 0 saturated carbocycles. The van der Waals surface area contributed by atoms with Crippen molar-refractivity contribution in [3.8, 4) is 6.07 Å². The third-order valence-electron chi connectivity index (χ3n) is 2.04.